The second-order valence-corrected chi connectivity index (χ2v) is 6.37. The molecule has 2 amide bonds. The van der Waals surface area contributed by atoms with Crippen LogP contribution in [0.25, 0.3) is 0 Å². The Balaban J connectivity index is 2.07. The number of hydrogen-bond acceptors (Lipinski definition) is 4. The minimum Gasteiger partial charge on any atom is -0.484 e. The molecule has 2 rings (SSSR count). The third kappa shape index (κ3) is 3.50. The van der Waals surface area contributed by atoms with E-state index in [1.54, 1.807) is 29.2 Å². The van der Waals surface area contributed by atoms with Gasteiger partial charge >= 0.3 is 5.97 Å². The maximum Gasteiger partial charge on any atom is 0.311 e. The number of benzene rings is 1. The van der Waals surface area contributed by atoms with Crippen molar-refractivity contribution in [3.8, 4) is 5.75 Å². The third-order valence-corrected chi connectivity index (χ3v) is 4.60. The van der Waals surface area contributed by atoms with E-state index >= 15 is 0 Å². The van der Waals surface area contributed by atoms with Crippen LogP contribution in [0.2, 0.25) is 0 Å². The van der Waals surface area contributed by atoms with Crippen LogP contribution >= 0.6 is 0 Å². The van der Waals surface area contributed by atoms with Crippen molar-refractivity contribution < 1.29 is 24.2 Å². The third-order valence-electron chi connectivity index (χ3n) is 4.60. The standard InChI is InChI=1S/C17H22N2O5/c1-11(2)17(16(22)23)7-8-19(10-17)15(21)12-3-5-13(6-4-12)24-9-14(18)20/h3-6,11H,7-10H2,1-2H3,(H2,18,20)(H,22,23). The second-order valence-electron chi connectivity index (χ2n) is 6.37. The van der Waals surface area contributed by atoms with Crippen molar-refractivity contribution in [3.63, 3.8) is 0 Å². The number of aliphatic carboxylic acids is 1. The molecule has 1 unspecified atom stereocenters. The number of carbonyl (C=O) groups excluding carboxylic acids is 2. The van der Waals surface area contributed by atoms with Gasteiger partial charge in [-0.3, -0.25) is 14.4 Å². The van der Waals surface area contributed by atoms with E-state index in [2.05, 4.69) is 0 Å². The molecule has 1 fully saturated rings. The van der Waals surface area contributed by atoms with E-state index in [4.69, 9.17) is 10.5 Å². The van der Waals surface area contributed by atoms with E-state index in [1.165, 1.54) is 0 Å². The van der Waals surface area contributed by atoms with Gasteiger partial charge in [0.25, 0.3) is 11.8 Å². The van der Waals surface area contributed by atoms with Gasteiger partial charge in [0.15, 0.2) is 6.61 Å². The van der Waals surface area contributed by atoms with Crippen LogP contribution < -0.4 is 10.5 Å². The second kappa shape index (κ2) is 6.90. The average Bonchev–Trinajstić information content (AvgIpc) is 2.99. The Morgan fingerprint density at radius 2 is 1.92 bits per heavy atom. The molecule has 7 heteroatoms. The summed E-state index contributed by atoms with van der Waals surface area (Å²) in [5, 5.41) is 9.55. The topological polar surface area (TPSA) is 110 Å². The monoisotopic (exact) mass is 334 g/mol. The van der Waals surface area contributed by atoms with Crippen LogP contribution in [0.1, 0.15) is 30.6 Å². The van der Waals surface area contributed by atoms with Crippen LogP contribution in [-0.4, -0.2) is 47.5 Å². The van der Waals surface area contributed by atoms with Crippen LogP contribution in [-0.2, 0) is 9.59 Å². The zero-order valence-electron chi connectivity index (χ0n) is 13.8. The lowest BCUT2D eigenvalue weighted by atomic mass is 9.76. The molecule has 0 spiro atoms. The predicted octanol–water partition coefficient (Wildman–Crippen LogP) is 1.12. The molecule has 7 nitrogen and oxygen atoms in total. The molecule has 24 heavy (non-hydrogen) atoms. The fraction of sp³-hybridized carbons (Fsp3) is 0.471. The van der Waals surface area contributed by atoms with Gasteiger partial charge in [0, 0.05) is 18.7 Å². The number of carboxylic acid groups (broad SMARTS) is 1. The van der Waals surface area contributed by atoms with Gasteiger partial charge in [-0.15, -0.1) is 0 Å². The van der Waals surface area contributed by atoms with Crippen LogP contribution in [0.4, 0.5) is 0 Å². The maximum atomic E-state index is 12.6. The lowest BCUT2D eigenvalue weighted by Crippen LogP contribution is -2.40. The number of hydrogen-bond donors (Lipinski definition) is 2. The van der Waals surface area contributed by atoms with Gasteiger partial charge in [-0.2, -0.15) is 0 Å². The van der Waals surface area contributed by atoms with E-state index in [1.807, 2.05) is 13.8 Å². The number of amides is 2. The van der Waals surface area contributed by atoms with Gasteiger partial charge in [-0.25, -0.2) is 0 Å². The molecular formula is C17H22N2O5. The summed E-state index contributed by atoms with van der Waals surface area (Å²) in [6.45, 7) is 4.14. The van der Waals surface area contributed by atoms with Gasteiger partial charge in [0.1, 0.15) is 5.75 Å². The Hall–Kier alpha value is -2.57. The van der Waals surface area contributed by atoms with E-state index in [9.17, 15) is 19.5 Å². The molecule has 1 atom stereocenters. The summed E-state index contributed by atoms with van der Waals surface area (Å²) in [4.78, 5) is 36.5. The molecule has 0 bridgehead atoms. The summed E-state index contributed by atoms with van der Waals surface area (Å²) in [5.74, 6) is -1.26. The van der Waals surface area contributed by atoms with Crippen molar-refractivity contribution in [2.45, 2.75) is 20.3 Å². The van der Waals surface area contributed by atoms with Gasteiger partial charge in [0.05, 0.1) is 5.41 Å². The average molecular weight is 334 g/mol. The van der Waals surface area contributed by atoms with Crippen molar-refractivity contribution in [2.24, 2.45) is 17.1 Å². The molecule has 3 N–H and O–H groups in total. The molecule has 1 saturated heterocycles. The summed E-state index contributed by atoms with van der Waals surface area (Å²) in [7, 11) is 0. The summed E-state index contributed by atoms with van der Waals surface area (Å²) in [6.07, 6.45) is 0.450. The Labute approximate surface area is 140 Å². The molecule has 1 aromatic rings. The minimum absolute atomic E-state index is 0.0580. The number of rotatable bonds is 6. The van der Waals surface area contributed by atoms with Gasteiger partial charge in [0.2, 0.25) is 0 Å². The smallest absolute Gasteiger partial charge is 0.311 e. The summed E-state index contributed by atoms with van der Waals surface area (Å²) >= 11 is 0. The van der Waals surface area contributed by atoms with Gasteiger partial charge in [-0.1, -0.05) is 13.8 Å². The minimum atomic E-state index is -0.889. The predicted molar refractivity (Wildman–Crippen MR) is 86.6 cm³/mol. The molecule has 0 saturated carbocycles. The van der Waals surface area contributed by atoms with Gasteiger partial charge < -0.3 is 20.5 Å². The van der Waals surface area contributed by atoms with Crippen molar-refractivity contribution >= 4 is 17.8 Å². The van der Waals surface area contributed by atoms with Crippen molar-refractivity contribution in [1.82, 2.24) is 4.90 Å². The molecule has 0 aromatic heterocycles. The maximum absolute atomic E-state index is 12.6. The normalized spacial score (nSPS) is 20.2. The number of carboxylic acids is 1. The summed E-state index contributed by atoms with van der Waals surface area (Å²) in [5.41, 5.74) is 4.56. The summed E-state index contributed by atoms with van der Waals surface area (Å²) in [6, 6.07) is 6.35. The van der Waals surface area contributed by atoms with E-state index in [0.29, 0.717) is 24.3 Å². The fourth-order valence-electron chi connectivity index (χ4n) is 2.93. The van der Waals surface area contributed by atoms with Crippen molar-refractivity contribution in [2.75, 3.05) is 19.7 Å². The highest BCUT2D eigenvalue weighted by molar-refractivity contribution is 5.95. The highest BCUT2D eigenvalue weighted by atomic mass is 16.5. The number of likely N-dealkylation sites (tertiary alicyclic amines) is 1. The molecule has 0 aliphatic carbocycles. The molecule has 1 aliphatic rings. The fourth-order valence-corrected chi connectivity index (χ4v) is 2.93. The first kappa shape index (κ1) is 17.8. The van der Waals surface area contributed by atoms with Crippen LogP contribution in [0.3, 0.4) is 0 Å². The van der Waals surface area contributed by atoms with Crippen molar-refractivity contribution in [1.29, 1.82) is 0 Å². The molecule has 0 radical (unpaired) electrons. The van der Waals surface area contributed by atoms with Gasteiger partial charge in [-0.05, 0) is 36.6 Å². The quantitative estimate of drug-likeness (QED) is 0.810. The molecular weight excluding hydrogens is 312 g/mol. The number of nitrogens with two attached hydrogens (primary N) is 1. The highest BCUT2D eigenvalue weighted by Crippen LogP contribution is 2.38. The van der Waals surface area contributed by atoms with E-state index in [0.717, 1.165) is 0 Å². The SMILES string of the molecule is CC(C)C1(C(=O)O)CCN(C(=O)c2ccc(OCC(N)=O)cc2)C1. The molecule has 130 valence electrons. The van der Waals surface area contributed by atoms with Crippen LogP contribution in [0, 0.1) is 11.3 Å². The Morgan fingerprint density at radius 3 is 2.38 bits per heavy atom. The zero-order valence-corrected chi connectivity index (χ0v) is 13.8. The summed E-state index contributed by atoms with van der Waals surface area (Å²) < 4.78 is 5.15. The first-order chi connectivity index (χ1) is 11.3. The Bertz CT molecular complexity index is 641. The largest absolute Gasteiger partial charge is 0.484 e. The number of carbonyl (C=O) groups is 3. The first-order valence-electron chi connectivity index (χ1n) is 7.80. The highest BCUT2D eigenvalue weighted by Gasteiger charge is 2.48. The molecule has 1 aromatic carbocycles. The lowest BCUT2D eigenvalue weighted by Gasteiger charge is -2.28. The van der Waals surface area contributed by atoms with Crippen LogP contribution in [0.15, 0.2) is 24.3 Å². The van der Waals surface area contributed by atoms with E-state index in [-0.39, 0.29) is 25.0 Å². The number of ether oxygens (including phenoxy) is 1. The Kier molecular flexibility index (Phi) is 5.11. The van der Waals surface area contributed by atoms with E-state index < -0.39 is 17.3 Å². The first-order valence-corrected chi connectivity index (χ1v) is 7.80. The lowest BCUT2D eigenvalue weighted by molar-refractivity contribution is -0.150. The molecule has 1 aliphatic heterocycles. The number of primary amides is 1. The van der Waals surface area contributed by atoms with Crippen LogP contribution in [0.5, 0.6) is 5.75 Å². The van der Waals surface area contributed by atoms with Crippen molar-refractivity contribution in [3.05, 3.63) is 29.8 Å². The number of nitrogens with zero attached hydrogens (tertiary/aromatic N) is 1. The zero-order chi connectivity index (χ0) is 17.9. The molecule has 1 heterocycles. The Morgan fingerprint density at radius 1 is 1.29 bits per heavy atom.